The summed E-state index contributed by atoms with van der Waals surface area (Å²) in [4.78, 5) is 11.6. The molecule has 7 heteroatoms. The van der Waals surface area contributed by atoms with E-state index < -0.39 is 19.0 Å². The summed E-state index contributed by atoms with van der Waals surface area (Å²) in [5, 5.41) is 27.9. The average Bonchev–Trinajstić information content (AvgIpc) is 2.85. The summed E-state index contributed by atoms with van der Waals surface area (Å²) in [6.07, 6.45) is 2.13. The molecule has 0 aliphatic heterocycles. The molecule has 23 heavy (non-hydrogen) atoms. The highest BCUT2D eigenvalue weighted by Crippen LogP contribution is 2.42. The molecule has 1 aromatic rings. The van der Waals surface area contributed by atoms with Crippen LogP contribution in [-0.4, -0.2) is 28.2 Å². The first kappa shape index (κ1) is 20.0. The summed E-state index contributed by atoms with van der Waals surface area (Å²) in [5.74, 6) is -1.47. The number of carbonyl (C=O) groups is 1. The summed E-state index contributed by atoms with van der Waals surface area (Å²) in [7, 11) is -1.34. The lowest BCUT2D eigenvalue weighted by molar-refractivity contribution is -0.139. The van der Waals surface area contributed by atoms with E-state index in [2.05, 4.69) is 0 Å². The number of rotatable bonds is 6. The van der Waals surface area contributed by atoms with E-state index in [1.165, 1.54) is 0 Å². The first-order valence-electron chi connectivity index (χ1n) is 8.04. The van der Waals surface area contributed by atoms with E-state index in [1.807, 2.05) is 19.9 Å². The maximum Gasteiger partial charge on any atom is 0.451 e. The molecule has 5 N–H and O–H groups in total. The molecule has 0 heterocycles. The number of fused-ring (bicyclic) bond motifs is 1. The second-order valence-corrected chi connectivity index (χ2v) is 5.95. The van der Waals surface area contributed by atoms with Gasteiger partial charge in [0, 0.05) is 11.6 Å². The molecule has 128 valence electrons. The number of halogens is 1. The SMILES string of the molecule is CC.NCc1cc2c(cc1Cl)CC(CCCB(O)O)[C@@H]2C(=O)O. The molecule has 0 saturated heterocycles. The zero-order valence-electron chi connectivity index (χ0n) is 13.6. The van der Waals surface area contributed by atoms with Gasteiger partial charge in [0.25, 0.3) is 0 Å². The van der Waals surface area contributed by atoms with Crippen LogP contribution in [0.5, 0.6) is 0 Å². The van der Waals surface area contributed by atoms with Crippen LogP contribution < -0.4 is 5.73 Å². The highest BCUT2D eigenvalue weighted by atomic mass is 35.5. The number of hydrogen-bond acceptors (Lipinski definition) is 4. The maximum absolute atomic E-state index is 11.6. The first-order chi connectivity index (χ1) is 10.9. The standard InChI is InChI=1S/C14H19BClNO4.C2H6/c16-12-6-9-4-8(2-1-3-15(20)21)13(14(18)19)11(9)5-10(12)7-17;1-2/h5-6,8,13,20-21H,1-4,7,17H2,(H,18,19);1-2H3/t8?,13-;/m0./s1. The highest BCUT2D eigenvalue weighted by Gasteiger charge is 2.37. The molecular formula is C16H25BClNO4. The molecule has 1 aliphatic carbocycles. The Morgan fingerprint density at radius 1 is 1.39 bits per heavy atom. The van der Waals surface area contributed by atoms with Crippen LogP contribution in [0.3, 0.4) is 0 Å². The van der Waals surface area contributed by atoms with Crippen molar-refractivity contribution in [2.45, 2.75) is 51.9 Å². The van der Waals surface area contributed by atoms with Crippen LogP contribution in [-0.2, 0) is 17.8 Å². The molecule has 2 atom stereocenters. The fourth-order valence-corrected chi connectivity index (χ4v) is 3.38. The van der Waals surface area contributed by atoms with Gasteiger partial charge in [-0.3, -0.25) is 4.79 Å². The van der Waals surface area contributed by atoms with Crippen LogP contribution in [0.4, 0.5) is 0 Å². The lowest BCUT2D eigenvalue weighted by atomic mass is 9.80. The third kappa shape index (κ3) is 4.95. The van der Waals surface area contributed by atoms with Crippen molar-refractivity contribution in [3.05, 3.63) is 33.8 Å². The largest absolute Gasteiger partial charge is 0.481 e. The van der Waals surface area contributed by atoms with E-state index in [0.717, 1.165) is 16.7 Å². The van der Waals surface area contributed by atoms with E-state index in [4.69, 9.17) is 27.4 Å². The van der Waals surface area contributed by atoms with Gasteiger partial charge in [-0.2, -0.15) is 0 Å². The van der Waals surface area contributed by atoms with Gasteiger partial charge >= 0.3 is 13.1 Å². The minimum absolute atomic E-state index is 0.0414. The van der Waals surface area contributed by atoms with Crippen LogP contribution in [0.15, 0.2) is 12.1 Å². The number of hydrogen-bond donors (Lipinski definition) is 4. The third-order valence-electron chi connectivity index (χ3n) is 4.12. The second-order valence-electron chi connectivity index (χ2n) is 5.54. The fourth-order valence-electron chi connectivity index (χ4n) is 3.12. The van der Waals surface area contributed by atoms with Crippen LogP contribution in [0.25, 0.3) is 0 Å². The molecule has 0 fully saturated rings. The Balaban J connectivity index is 0.00000127. The molecule has 0 amide bonds. The molecule has 1 aromatic carbocycles. The van der Waals surface area contributed by atoms with Crippen molar-refractivity contribution in [2.24, 2.45) is 11.7 Å². The van der Waals surface area contributed by atoms with Gasteiger partial charge in [-0.15, -0.1) is 0 Å². The van der Waals surface area contributed by atoms with E-state index in [-0.39, 0.29) is 18.8 Å². The van der Waals surface area contributed by atoms with Crippen molar-refractivity contribution in [2.75, 3.05) is 0 Å². The molecule has 1 aliphatic rings. The average molecular weight is 342 g/mol. The predicted molar refractivity (Wildman–Crippen MR) is 92.5 cm³/mol. The molecule has 0 aromatic heterocycles. The summed E-state index contributed by atoms with van der Waals surface area (Å²) < 4.78 is 0. The number of carboxylic acids is 1. The monoisotopic (exact) mass is 341 g/mol. The molecular weight excluding hydrogens is 316 g/mol. The summed E-state index contributed by atoms with van der Waals surface area (Å²) >= 11 is 6.14. The van der Waals surface area contributed by atoms with Crippen LogP contribution in [0.2, 0.25) is 11.3 Å². The zero-order valence-corrected chi connectivity index (χ0v) is 14.4. The van der Waals surface area contributed by atoms with Gasteiger partial charge in [0.15, 0.2) is 0 Å². The van der Waals surface area contributed by atoms with Gasteiger partial charge in [-0.25, -0.2) is 0 Å². The second kappa shape index (κ2) is 9.28. The highest BCUT2D eigenvalue weighted by molar-refractivity contribution is 6.40. The first-order valence-corrected chi connectivity index (χ1v) is 8.42. The Kier molecular flexibility index (Phi) is 8.05. The van der Waals surface area contributed by atoms with Crippen LogP contribution in [0.1, 0.15) is 49.3 Å². The van der Waals surface area contributed by atoms with Gasteiger partial charge in [0.1, 0.15) is 0 Å². The van der Waals surface area contributed by atoms with Crippen molar-refractivity contribution < 1.29 is 19.9 Å². The Bertz CT molecular complexity index is 539. The van der Waals surface area contributed by atoms with Gasteiger partial charge in [0.2, 0.25) is 0 Å². The Hall–Kier alpha value is -1.08. The topological polar surface area (TPSA) is 104 Å². The van der Waals surface area contributed by atoms with Gasteiger partial charge in [-0.1, -0.05) is 37.9 Å². The number of aliphatic carboxylic acids is 1. The minimum atomic E-state index is -1.34. The van der Waals surface area contributed by atoms with E-state index in [0.29, 0.717) is 24.3 Å². The predicted octanol–water partition coefficient (Wildman–Crippen LogP) is 2.42. The summed E-state index contributed by atoms with van der Waals surface area (Å²) in [6, 6.07) is 3.62. The molecule has 5 nitrogen and oxygen atoms in total. The lowest BCUT2D eigenvalue weighted by Gasteiger charge is -2.16. The summed E-state index contributed by atoms with van der Waals surface area (Å²) in [6.45, 7) is 4.28. The number of benzene rings is 1. The van der Waals surface area contributed by atoms with Crippen molar-refractivity contribution in [1.29, 1.82) is 0 Å². The van der Waals surface area contributed by atoms with E-state index >= 15 is 0 Å². The molecule has 1 unspecified atom stereocenters. The Morgan fingerprint density at radius 3 is 2.57 bits per heavy atom. The normalized spacial score (nSPS) is 18.9. The van der Waals surface area contributed by atoms with Crippen molar-refractivity contribution in [3.63, 3.8) is 0 Å². The van der Waals surface area contributed by atoms with Crippen molar-refractivity contribution in [3.8, 4) is 0 Å². The minimum Gasteiger partial charge on any atom is -0.481 e. The zero-order chi connectivity index (χ0) is 17.6. The molecule has 0 spiro atoms. The van der Waals surface area contributed by atoms with Crippen LogP contribution >= 0.6 is 11.6 Å². The van der Waals surface area contributed by atoms with Gasteiger partial charge < -0.3 is 20.9 Å². The Labute approximate surface area is 142 Å². The molecule has 0 saturated carbocycles. The molecule has 0 radical (unpaired) electrons. The molecule has 2 rings (SSSR count). The van der Waals surface area contributed by atoms with Crippen molar-refractivity contribution >= 4 is 24.7 Å². The van der Waals surface area contributed by atoms with Crippen molar-refractivity contribution in [1.82, 2.24) is 0 Å². The molecule has 0 bridgehead atoms. The fraction of sp³-hybridized carbons (Fsp3) is 0.562. The number of carboxylic acid groups (broad SMARTS) is 1. The number of nitrogens with two attached hydrogens (primary N) is 1. The smallest absolute Gasteiger partial charge is 0.451 e. The summed E-state index contributed by atoms with van der Waals surface area (Å²) in [5.41, 5.74) is 8.14. The van der Waals surface area contributed by atoms with Gasteiger partial charge in [0.05, 0.1) is 5.92 Å². The van der Waals surface area contributed by atoms with E-state index in [9.17, 15) is 9.90 Å². The Morgan fingerprint density at radius 2 is 2.04 bits per heavy atom. The quantitative estimate of drug-likeness (QED) is 0.595. The lowest BCUT2D eigenvalue weighted by Crippen LogP contribution is -2.19. The van der Waals surface area contributed by atoms with Gasteiger partial charge in [-0.05, 0) is 47.8 Å². The maximum atomic E-state index is 11.6. The third-order valence-corrected chi connectivity index (χ3v) is 4.47. The van der Waals surface area contributed by atoms with Crippen LogP contribution in [0, 0.1) is 5.92 Å². The van der Waals surface area contributed by atoms with E-state index in [1.54, 1.807) is 6.07 Å².